The molecule has 2 aromatic carbocycles. The van der Waals surface area contributed by atoms with Crippen LogP contribution in [0.5, 0.6) is 5.75 Å². The first-order valence-corrected chi connectivity index (χ1v) is 7.14. The first kappa shape index (κ1) is 17.3. The van der Waals surface area contributed by atoms with Crippen molar-refractivity contribution in [1.82, 2.24) is 5.32 Å². The fourth-order valence-electron chi connectivity index (χ4n) is 2.13. The van der Waals surface area contributed by atoms with Crippen LogP contribution >= 0.6 is 0 Å². The molecule has 1 atom stereocenters. The molecular weight excluding hydrogens is 310 g/mol. The number of alkyl halides is 3. The molecule has 0 aliphatic heterocycles. The average Bonchev–Trinajstić information content (AvgIpc) is 2.52. The monoisotopic (exact) mass is 327 g/mol. The van der Waals surface area contributed by atoms with E-state index in [2.05, 4.69) is 5.32 Å². The van der Waals surface area contributed by atoms with Crippen molar-refractivity contribution in [3.8, 4) is 5.75 Å². The Labute approximate surface area is 132 Å². The summed E-state index contributed by atoms with van der Waals surface area (Å²) in [5, 5.41) is 2.99. The molecule has 23 heavy (non-hydrogen) atoms. The van der Waals surface area contributed by atoms with E-state index in [9.17, 15) is 17.6 Å². The summed E-state index contributed by atoms with van der Waals surface area (Å²) in [7, 11) is 1.79. The van der Waals surface area contributed by atoms with Crippen molar-refractivity contribution in [1.29, 1.82) is 0 Å². The molecule has 1 unspecified atom stereocenters. The average molecular weight is 327 g/mol. The highest BCUT2D eigenvalue weighted by molar-refractivity contribution is 5.30. The van der Waals surface area contributed by atoms with Crippen molar-refractivity contribution in [2.24, 2.45) is 0 Å². The summed E-state index contributed by atoms with van der Waals surface area (Å²) in [6.07, 6.45) is -4.15. The molecule has 1 N–H and O–H groups in total. The number of nitrogens with one attached hydrogen (secondary N) is 1. The maximum Gasteiger partial charge on any atom is 0.416 e. The summed E-state index contributed by atoms with van der Waals surface area (Å²) in [5.41, 5.74) is 0.0416. The van der Waals surface area contributed by atoms with Gasteiger partial charge in [-0.3, -0.25) is 0 Å². The summed E-state index contributed by atoms with van der Waals surface area (Å²) < 4.78 is 56.5. The third kappa shape index (κ3) is 4.96. The van der Waals surface area contributed by atoms with Gasteiger partial charge in [0.1, 0.15) is 17.7 Å². The molecule has 0 fully saturated rings. The highest BCUT2D eigenvalue weighted by Crippen LogP contribution is 2.31. The molecule has 2 nitrogen and oxygen atoms in total. The second kappa shape index (κ2) is 7.46. The third-order valence-corrected chi connectivity index (χ3v) is 3.36. The quantitative estimate of drug-likeness (QED) is 0.785. The minimum absolute atomic E-state index is 0.337. The van der Waals surface area contributed by atoms with Crippen LogP contribution in [-0.4, -0.2) is 13.6 Å². The van der Waals surface area contributed by atoms with Gasteiger partial charge in [-0.2, -0.15) is 13.2 Å². The van der Waals surface area contributed by atoms with Crippen molar-refractivity contribution in [3.05, 3.63) is 65.5 Å². The van der Waals surface area contributed by atoms with E-state index < -0.39 is 11.7 Å². The van der Waals surface area contributed by atoms with Crippen molar-refractivity contribution >= 4 is 0 Å². The number of hydrogen-bond acceptors (Lipinski definition) is 2. The Hall–Kier alpha value is -2.08. The number of benzene rings is 2. The Bertz CT molecular complexity index is 608. The van der Waals surface area contributed by atoms with E-state index in [0.717, 1.165) is 17.7 Å². The molecule has 0 aromatic heterocycles. The standard InChI is InChI=1S/C17H17F4NO/c1-22-11-10-16(12-2-6-14(18)7-3-12)23-15-8-4-13(5-9-15)17(19,20)21/h2-9,16,22H,10-11H2,1H3. The Balaban J connectivity index is 2.15. The maximum absolute atomic E-state index is 13.0. The van der Waals surface area contributed by atoms with Crippen LogP contribution in [0.1, 0.15) is 23.7 Å². The minimum atomic E-state index is -4.37. The van der Waals surface area contributed by atoms with Crippen molar-refractivity contribution in [3.63, 3.8) is 0 Å². The van der Waals surface area contributed by atoms with Gasteiger partial charge in [-0.05, 0) is 55.6 Å². The molecule has 2 rings (SSSR count). The molecule has 0 aliphatic carbocycles. The van der Waals surface area contributed by atoms with Gasteiger partial charge in [0.2, 0.25) is 0 Å². The Kier molecular flexibility index (Phi) is 5.60. The van der Waals surface area contributed by atoms with Crippen molar-refractivity contribution in [2.45, 2.75) is 18.7 Å². The van der Waals surface area contributed by atoms with Crippen molar-refractivity contribution < 1.29 is 22.3 Å². The Morgan fingerprint density at radius 3 is 2.13 bits per heavy atom. The predicted molar refractivity (Wildman–Crippen MR) is 79.8 cm³/mol. The van der Waals surface area contributed by atoms with Crippen LogP contribution in [0.4, 0.5) is 17.6 Å². The highest BCUT2D eigenvalue weighted by Gasteiger charge is 2.30. The molecule has 0 saturated heterocycles. The van der Waals surface area contributed by atoms with Crippen LogP contribution in [0.15, 0.2) is 48.5 Å². The third-order valence-electron chi connectivity index (χ3n) is 3.36. The van der Waals surface area contributed by atoms with Gasteiger partial charge in [-0.15, -0.1) is 0 Å². The Morgan fingerprint density at radius 2 is 1.61 bits per heavy atom. The molecule has 0 radical (unpaired) electrons. The maximum atomic E-state index is 13.0. The molecule has 0 aliphatic rings. The first-order chi connectivity index (χ1) is 10.9. The van der Waals surface area contributed by atoms with Crippen LogP contribution in [-0.2, 0) is 6.18 Å². The number of rotatable bonds is 6. The fourth-order valence-corrected chi connectivity index (χ4v) is 2.13. The molecule has 0 saturated carbocycles. The molecule has 124 valence electrons. The molecule has 6 heteroatoms. The fraction of sp³-hybridized carbons (Fsp3) is 0.294. The topological polar surface area (TPSA) is 21.3 Å². The lowest BCUT2D eigenvalue weighted by Gasteiger charge is -2.20. The van der Waals surface area contributed by atoms with Gasteiger partial charge < -0.3 is 10.1 Å². The van der Waals surface area contributed by atoms with Gasteiger partial charge in [0, 0.05) is 6.42 Å². The van der Waals surface area contributed by atoms with E-state index in [1.54, 1.807) is 19.2 Å². The van der Waals surface area contributed by atoms with Gasteiger partial charge >= 0.3 is 6.18 Å². The molecule has 2 aromatic rings. The second-order valence-electron chi connectivity index (χ2n) is 5.07. The SMILES string of the molecule is CNCCC(Oc1ccc(C(F)(F)F)cc1)c1ccc(F)cc1. The molecule has 0 spiro atoms. The predicted octanol–water partition coefficient (Wildman–Crippen LogP) is 4.57. The summed E-state index contributed by atoms with van der Waals surface area (Å²) in [5.74, 6) is -0.0147. The number of hydrogen-bond donors (Lipinski definition) is 1. The zero-order chi connectivity index (χ0) is 16.9. The van der Waals surface area contributed by atoms with E-state index >= 15 is 0 Å². The van der Waals surface area contributed by atoms with E-state index in [1.165, 1.54) is 24.3 Å². The van der Waals surface area contributed by atoms with E-state index in [4.69, 9.17) is 4.74 Å². The summed E-state index contributed by atoms with van der Waals surface area (Å²) in [4.78, 5) is 0. The van der Waals surface area contributed by atoms with Gasteiger partial charge in [-0.1, -0.05) is 12.1 Å². The van der Waals surface area contributed by atoms with Crippen LogP contribution in [0, 0.1) is 5.82 Å². The Morgan fingerprint density at radius 1 is 1.00 bits per heavy atom. The van der Waals surface area contributed by atoms with E-state index in [0.29, 0.717) is 18.7 Å². The highest BCUT2D eigenvalue weighted by atomic mass is 19.4. The van der Waals surface area contributed by atoms with E-state index in [-0.39, 0.29) is 11.9 Å². The zero-order valence-electron chi connectivity index (χ0n) is 12.5. The minimum Gasteiger partial charge on any atom is -0.486 e. The second-order valence-corrected chi connectivity index (χ2v) is 5.07. The van der Waals surface area contributed by atoms with Crippen LogP contribution < -0.4 is 10.1 Å². The first-order valence-electron chi connectivity index (χ1n) is 7.14. The van der Waals surface area contributed by atoms with Gasteiger partial charge in [0.15, 0.2) is 0 Å². The van der Waals surface area contributed by atoms with Crippen LogP contribution in [0.25, 0.3) is 0 Å². The lowest BCUT2D eigenvalue weighted by atomic mass is 10.1. The van der Waals surface area contributed by atoms with Gasteiger partial charge in [-0.25, -0.2) is 4.39 Å². The van der Waals surface area contributed by atoms with Gasteiger partial charge in [0.25, 0.3) is 0 Å². The van der Waals surface area contributed by atoms with Crippen LogP contribution in [0.2, 0.25) is 0 Å². The molecule has 0 amide bonds. The number of ether oxygens (including phenoxy) is 1. The largest absolute Gasteiger partial charge is 0.486 e. The van der Waals surface area contributed by atoms with Gasteiger partial charge in [0.05, 0.1) is 5.56 Å². The summed E-state index contributed by atoms with van der Waals surface area (Å²) >= 11 is 0. The lowest BCUT2D eigenvalue weighted by Crippen LogP contribution is -2.16. The molecule has 0 heterocycles. The number of halogens is 4. The van der Waals surface area contributed by atoms with Crippen molar-refractivity contribution in [2.75, 3.05) is 13.6 Å². The normalized spacial score (nSPS) is 12.9. The summed E-state index contributed by atoms with van der Waals surface area (Å²) in [6.45, 7) is 0.655. The molecule has 0 bridgehead atoms. The zero-order valence-corrected chi connectivity index (χ0v) is 12.5. The van der Waals surface area contributed by atoms with Crippen LogP contribution in [0.3, 0.4) is 0 Å². The van der Waals surface area contributed by atoms with E-state index in [1.807, 2.05) is 0 Å². The smallest absolute Gasteiger partial charge is 0.416 e. The molecular formula is C17H17F4NO. The summed E-state index contributed by atoms with van der Waals surface area (Å²) in [6, 6.07) is 10.4. The lowest BCUT2D eigenvalue weighted by molar-refractivity contribution is -0.137.